The maximum Gasteiger partial charge on any atom is 0.268 e. The summed E-state index contributed by atoms with van der Waals surface area (Å²) in [6.45, 7) is 7.63. The van der Waals surface area contributed by atoms with Gasteiger partial charge < -0.3 is 9.88 Å². The average molecular weight is 305 g/mol. The maximum absolute atomic E-state index is 12.4. The lowest BCUT2D eigenvalue weighted by atomic mass is 10.2. The van der Waals surface area contributed by atoms with Gasteiger partial charge in [-0.1, -0.05) is 0 Å². The van der Waals surface area contributed by atoms with E-state index in [1.54, 1.807) is 29.9 Å². The molecule has 0 spiro atoms. The van der Waals surface area contributed by atoms with Crippen molar-refractivity contribution >= 4 is 17.2 Å². The summed E-state index contributed by atoms with van der Waals surface area (Å²) in [5, 5.41) is 3.89. The number of hydrogen-bond acceptors (Lipinski definition) is 4. The van der Waals surface area contributed by atoms with Crippen LogP contribution in [0.4, 0.5) is 0 Å². The van der Waals surface area contributed by atoms with Gasteiger partial charge in [-0.05, 0) is 27.7 Å². The molecule has 0 saturated heterocycles. The predicted molar refractivity (Wildman–Crippen MR) is 83.9 cm³/mol. The molecule has 0 fully saturated rings. The molecule has 2 rings (SSSR count). The van der Waals surface area contributed by atoms with E-state index in [-0.39, 0.29) is 17.4 Å². The molecule has 2 aromatic heterocycles. The number of aryl methyl sites for hydroxylation is 3. The molecule has 1 atom stereocenters. The molecule has 0 saturated carbocycles. The number of hydrogen-bond donors (Lipinski definition) is 1. The maximum atomic E-state index is 12.4. The van der Waals surface area contributed by atoms with Crippen LogP contribution in [-0.4, -0.2) is 15.5 Å². The monoisotopic (exact) mass is 305 g/mol. The molecular formula is C15H19N3O2S. The Hall–Kier alpha value is -1.95. The quantitative estimate of drug-likeness (QED) is 0.946. The summed E-state index contributed by atoms with van der Waals surface area (Å²) >= 11 is 1.61. The van der Waals surface area contributed by atoms with Crippen LogP contribution in [0.25, 0.3) is 0 Å². The van der Waals surface area contributed by atoms with Crippen molar-refractivity contribution in [1.82, 2.24) is 14.9 Å². The van der Waals surface area contributed by atoms with Crippen LogP contribution in [0.5, 0.6) is 0 Å². The fourth-order valence-corrected chi connectivity index (χ4v) is 3.18. The smallest absolute Gasteiger partial charge is 0.268 e. The Balaban J connectivity index is 2.26. The summed E-state index contributed by atoms with van der Waals surface area (Å²) in [7, 11) is 1.77. The molecule has 1 amide bonds. The van der Waals surface area contributed by atoms with Gasteiger partial charge in [-0.25, -0.2) is 4.98 Å². The first-order valence-electron chi connectivity index (χ1n) is 6.72. The van der Waals surface area contributed by atoms with Gasteiger partial charge in [0.15, 0.2) is 5.43 Å². The zero-order valence-electron chi connectivity index (χ0n) is 12.9. The summed E-state index contributed by atoms with van der Waals surface area (Å²) in [6.07, 6.45) is 0. The van der Waals surface area contributed by atoms with Gasteiger partial charge in [0.1, 0.15) is 5.69 Å². The van der Waals surface area contributed by atoms with Crippen molar-refractivity contribution in [3.8, 4) is 0 Å². The summed E-state index contributed by atoms with van der Waals surface area (Å²) in [6, 6.07) is 2.67. The Morgan fingerprint density at radius 2 is 2.00 bits per heavy atom. The van der Waals surface area contributed by atoms with Crippen molar-refractivity contribution in [3.05, 3.63) is 49.3 Å². The first kappa shape index (κ1) is 15.4. The molecule has 112 valence electrons. The highest BCUT2D eigenvalue weighted by molar-refractivity contribution is 7.11. The second-order valence-electron chi connectivity index (χ2n) is 5.15. The molecule has 0 radical (unpaired) electrons. The minimum atomic E-state index is -0.268. The Bertz CT molecular complexity index is 746. The fraction of sp³-hybridized carbons (Fsp3) is 0.400. The van der Waals surface area contributed by atoms with Gasteiger partial charge in [0.25, 0.3) is 5.91 Å². The highest BCUT2D eigenvalue weighted by atomic mass is 32.1. The standard InChI is InChI=1S/C15H19N3O2S/c1-8-6-12(19)7-13(18(8)5)15(20)16-9(2)14-10(3)21-11(4)17-14/h6-7,9H,1-5H3,(H,16,20)/t9-/m0/s1. The van der Waals surface area contributed by atoms with Crippen molar-refractivity contribution in [1.29, 1.82) is 0 Å². The summed E-state index contributed by atoms with van der Waals surface area (Å²) in [5.41, 5.74) is 1.82. The number of amides is 1. The van der Waals surface area contributed by atoms with Crippen LogP contribution in [-0.2, 0) is 7.05 Å². The topological polar surface area (TPSA) is 64.0 Å². The Labute approximate surface area is 127 Å². The minimum Gasteiger partial charge on any atom is -0.344 e. The van der Waals surface area contributed by atoms with Crippen LogP contribution in [0, 0.1) is 20.8 Å². The van der Waals surface area contributed by atoms with Crippen LogP contribution in [0.1, 0.15) is 44.7 Å². The Morgan fingerprint density at radius 1 is 1.33 bits per heavy atom. The number of pyridine rings is 1. The minimum absolute atomic E-state index is 0.163. The number of carbonyl (C=O) groups is 1. The molecule has 2 heterocycles. The number of nitrogens with zero attached hydrogens (tertiary/aromatic N) is 2. The largest absolute Gasteiger partial charge is 0.344 e. The molecular weight excluding hydrogens is 286 g/mol. The molecule has 2 aromatic rings. The molecule has 0 aromatic carbocycles. The zero-order valence-corrected chi connectivity index (χ0v) is 13.7. The van der Waals surface area contributed by atoms with Gasteiger partial charge >= 0.3 is 0 Å². The van der Waals surface area contributed by atoms with E-state index in [4.69, 9.17) is 0 Å². The number of nitrogens with one attached hydrogen (secondary N) is 1. The lowest BCUT2D eigenvalue weighted by molar-refractivity contribution is 0.0929. The summed E-state index contributed by atoms with van der Waals surface area (Å²) in [5.74, 6) is -0.268. The molecule has 0 aliphatic rings. The second kappa shape index (κ2) is 5.81. The van der Waals surface area contributed by atoms with E-state index >= 15 is 0 Å². The number of carbonyl (C=O) groups excluding carboxylic acids is 1. The van der Waals surface area contributed by atoms with Crippen LogP contribution in [0.2, 0.25) is 0 Å². The lowest BCUT2D eigenvalue weighted by Gasteiger charge is -2.15. The van der Waals surface area contributed by atoms with E-state index in [9.17, 15) is 9.59 Å². The normalized spacial score (nSPS) is 12.2. The van der Waals surface area contributed by atoms with E-state index in [2.05, 4.69) is 10.3 Å². The Morgan fingerprint density at radius 3 is 2.57 bits per heavy atom. The van der Waals surface area contributed by atoms with E-state index < -0.39 is 0 Å². The SMILES string of the molecule is Cc1nc([C@H](C)NC(=O)c2cc(=O)cc(C)n2C)c(C)s1. The van der Waals surface area contributed by atoms with Crippen molar-refractivity contribution in [2.45, 2.75) is 33.7 Å². The third-order valence-electron chi connectivity index (χ3n) is 3.45. The third-order valence-corrected chi connectivity index (χ3v) is 4.35. The molecule has 0 bridgehead atoms. The average Bonchev–Trinajstić information content (AvgIpc) is 2.72. The first-order chi connectivity index (χ1) is 9.79. The predicted octanol–water partition coefficient (Wildman–Crippen LogP) is 2.26. The van der Waals surface area contributed by atoms with Crippen LogP contribution in [0.3, 0.4) is 0 Å². The highest BCUT2D eigenvalue weighted by Gasteiger charge is 2.18. The van der Waals surface area contributed by atoms with Gasteiger partial charge in [0, 0.05) is 29.8 Å². The number of thiazole rings is 1. The van der Waals surface area contributed by atoms with E-state index in [0.29, 0.717) is 5.69 Å². The van der Waals surface area contributed by atoms with Gasteiger partial charge in [0.05, 0.1) is 16.7 Å². The summed E-state index contributed by atoms with van der Waals surface area (Å²) < 4.78 is 1.71. The number of rotatable bonds is 3. The van der Waals surface area contributed by atoms with E-state index in [1.807, 2.05) is 20.8 Å². The zero-order chi connectivity index (χ0) is 15.7. The second-order valence-corrected chi connectivity index (χ2v) is 6.55. The third kappa shape index (κ3) is 3.21. The van der Waals surface area contributed by atoms with Gasteiger partial charge in [-0.15, -0.1) is 11.3 Å². The molecule has 1 N–H and O–H groups in total. The van der Waals surface area contributed by atoms with Crippen molar-refractivity contribution in [3.63, 3.8) is 0 Å². The Kier molecular flexibility index (Phi) is 4.27. The molecule has 0 unspecified atom stereocenters. The van der Waals surface area contributed by atoms with Crippen molar-refractivity contribution in [2.24, 2.45) is 7.05 Å². The first-order valence-corrected chi connectivity index (χ1v) is 7.53. The molecule has 6 heteroatoms. The fourth-order valence-electron chi connectivity index (χ4n) is 2.27. The van der Waals surface area contributed by atoms with E-state index in [0.717, 1.165) is 21.3 Å². The van der Waals surface area contributed by atoms with Crippen molar-refractivity contribution < 1.29 is 4.79 Å². The van der Waals surface area contributed by atoms with Gasteiger partial charge in [-0.3, -0.25) is 9.59 Å². The molecule has 21 heavy (non-hydrogen) atoms. The lowest BCUT2D eigenvalue weighted by Crippen LogP contribution is -2.31. The van der Waals surface area contributed by atoms with Crippen LogP contribution < -0.4 is 10.7 Å². The van der Waals surface area contributed by atoms with Gasteiger partial charge in [-0.2, -0.15) is 0 Å². The highest BCUT2D eigenvalue weighted by Crippen LogP contribution is 2.22. The molecule has 5 nitrogen and oxygen atoms in total. The van der Waals surface area contributed by atoms with E-state index in [1.165, 1.54) is 12.1 Å². The summed E-state index contributed by atoms with van der Waals surface area (Å²) in [4.78, 5) is 29.5. The van der Waals surface area contributed by atoms with Crippen LogP contribution in [0.15, 0.2) is 16.9 Å². The van der Waals surface area contributed by atoms with Gasteiger partial charge in [0.2, 0.25) is 0 Å². The van der Waals surface area contributed by atoms with Crippen molar-refractivity contribution in [2.75, 3.05) is 0 Å². The van der Waals surface area contributed by atoms with Crippen LogP contribution >= 0.6 is 11.3 Å². The molecule has 0 aliphatic carbocycles. The molecule has 0 aliphatic heterocycles. The number of aromatic nitrogens is 2.